The molecule has 0 aromatic heterocycles. The van der Waals surface area contributed by atoms with Crippen LogP contribution in [0.4, 0.5) is 0 Å². The standard InChI is InChI=1S/C24H18Si.C5H12/c1-3-11-19(12-4-1)25(20-13-5-2-6-14-20)23-17-9-7-15-21(23)22-16-8-10-18-24(22)25;1-5(2,3)4/h1-18H;1-4H3. The highest BCUT2D eigenvalue weighted by molar-refractivity contribution is 7.22. The maximum Gasteiger partial charge on any atom is 0.180 e. The fourth-order valence-electron chi connectivity index (χ4n) is 4.40. The van der Waals surface area contributed by atoms with Gasteiger partial charge in [0.25, 0.3) is 0 Å². The smallest absolute Gasteiger partial charge is 0.0623 e. The van der Waals surface area contributed by atoms with Crippen molar-refractivity contribution in [2.75, 3.05) is 0 Å². The molecule has 5 rings (SSSR count). The predicted molar refractivity (Wildman–Crippen MR) is 134 cm³/mol. The third kappa shape index (κ3) is 3.66. The molecule has 0 amide bonds. The Kier molecular flexibility index (Phi) is 5.49. The third-order valence-corrected chi connectivity index (χ3v) is 10.3. The Bertz CT molecular complexity index is 1030. The zero-order valence-electron chi connectivity index (χ0n) is 18.4. The molecule has 0 nitrogen and oxygen atoms in total. The van der Waals surface area contributed by atoms with Gasteiger partial charge in [0.15, 0.2) is 8.07 Å². The van der Waals surface area contributed by atoms with Crippen LogP contribution in [0.3, 0.4) is 0 Å². The number of hydrogen-bond donors (Lipinski definition) is 0. The number of benzene rings is 4. The minimum atomic E-state index is -2.23. The van der Waals surface area contributed by atoms with Gasteiger partial charge in [-0.2, -0.15) is 0 Å². The van der Waals surface area contributed by atoms with Crippen LogP contribution in [0.5, 0.6) is 0 Å². The molecular formula is C29H30Si. The molecule has 4 aromatic rings. The zero-order chi connectivity index (χ0) is 21.2. The molecule has 0 unspecified atom stereocenters. The molecule has 1 aliphatic heterocycles. The number of hydrogen-bond acceptors (Lipinski definition) is 0. The summed E-state index contributed by atoms with van der Waals surface area (Å²) in [5.74, 6) is 0. The van der Waals surface area contributed by atoms with Crippen molar-refractivity contribution in [3.63, 3.8) is 0 Å². The van der Waals surface area contributed by atoms with E-state index < -0.39 is 8.07 Å². The lowest BCUT2D eigenvalue weighted by Crippen LogP contribution is -2.72. The number of rotatable bonds is 2. The van der Waals surface area contributed by atoms with Gasteiger partial charge in [0.2, 0.25) is 0 Å². The van der Waals surface area contributed by atoms with Gasteiger partial charge < -0.3 is 0 Å². The first-order chi connectivity index (χ1) is 14.4. The summed E-state index contributed by atoms with van der Waals surface area (Å²) in [7, 11) is -2.23. The Morgan fingerprint density at radius 1 is 0.433 bits per heavy atom. The summed E-state index contributed by atoms with van der Waals surface area (Å²) in [6.07, 6.45) is 0. The van der Waals surface area contributed by atoms with Crippen molar-refractivity contribution in [2.45, 2.75) is 27.7 Å². The summed E-state index contributed by atoms with van der Waals surface area (Å²) in [6.45, 7) is 8.75. The number of fused-ring (bicyclic) bond motifs is 3. The van der Waals surface area contributed by atoms with Gasteiger partial charge >= 0.3 is 0 Å². The van der Waals surface area contributed by atoms with Crippen molar-refractivity contribution < 1.29 is 0 Å². The van der Waals surface area contributed by atoms with E-state index in [-0.39, 0.29) is 0 Å². The lowest BCUT2D eigenvalue weighted by Gasteiger charge is -2.31. The average Bonchev–Trinajstić information content (AvgIpc) is 3.05. The van der Waals surface area contributed by atoms with E-state index in [1.165, 1.54) is 31.9 Å². The first-order valence-electron chi connectivity index (χ1n) is 10.7. The second-order valence-corrected chi connectivity index (χ2v) is 13.3. The Morgan fingerprint density at radius 3 is 1.10 bits per heavy atom. The molecule has 0 N–H and O–H groups in total. The highest BCUT2D eigenvalue weighted by Crippen LogP contribution is 2.27. The van der Waals surface area contributed by atoms with Crippen LogP contribution in [0.2, 0.25) is 0 Å². The summed E-state index contributed by atoms with van der Waals surface area (Å²) in [5.41, 5.74) is 3.30. The van der Waals surface area contributed by atoms with Crippen LogP contribution in [-0.4, -0.2) is 8.07 Å². The van der Waals surface area contributed by atoms with Gasteiger partial charge in [-0.05, 0) is 37.3 Å². The van der Waals surface area contributed by atoms with Crippen molar-refractivity contribution in [1.82, 2.24) is 0 Å². The van der Waals surface area contributed by atoms with Crippen molar-refractivity contribution in [1.29, 1.82) is 0 Å². The summed E-state index contributed by atoms with van der Waals surface area (Å²) in [6, 6.07) is 40.2. The minimum absolute atomic E-state index is 0.500. The Balaban J connectivity index is 0.000000393. The molecule has 4 aromatic carbocycles. The molecule has 0 spiro atoms. The van der Waals surface area contributed by atoms with E-state index in [4.69, 9.17) is 0 Å². The molecular weight excluding hydrogens is 376 g/mol. The molecule has 1 heterocycles. The summed E-state index contributed by atoms with van der Waals surface area (Å²) in [5, 5.41) is 5.93. The second-order valence-electron chi connectivity index (χ2n) is 9.57. The van der Waals surface area contributed by atoms with Gasteiger partial charge in [0.05, 0.1) is 0 Å². The van der Waals surface area contributed by atoms with Gasteiger partial charge in [0.1, 0.15) is 0 Å². The molecule has 0 aliphatic carbocycles. The molecule has 0 bridgehead atoms. The van der Waals surface area contributed by atoms with Crippen LogP contribution < -0.4 is 20.7 Å². The van der Waals surface area contributed by atoms with Crippen LogP contribution in [0.15, 0.2) is 109 Å². The lowest BCUT2D eigenvalue weighted by atomic mass is 10.0. The largest absolute Gasteiger partial charge is 0.180 e. The highest BCUT2D eigenvalue weighted by atomic mass is 28.3. The van der Waals surface area contributed by atoms with Gasteiger partial charge in [-0.15, -0.1) is 0 Å². The van der Waals surface area contributed by atoms with E-state index in [2.05, 4.69) is 137 Å². The average molecular weight is 407 g/mol. The molecule has 0 fully saturated rings. The van der Waals surface area contributed by atoms with Gasteiger partial charge in [-0.3, -0.25) is 0 Å². The summed E-state index contributed by atoms with van der Waals surface area (Å²) >= 11 is 0. The van der Waals surface area contributed by atoms with Gasteiger partial charge in [-0.25, -0.2) is 0 Å². The summed E-state index contributed by atoms with van der Waals surface area (Å²) in [4.78, 5) is 0. The van der Waals surface area contributed by atoms with Crippen molar-refractivity contribution in [2.24, 2.45) is 5.41 Å². The predicted octanol–water partition coefficient (Wildman–Crippen LogP) is 5.10. The van der Waals surface area contributed by atoms with Crippen LogP contribution in [-0.2, 0) is 0 Å². The molecule has 0 saturated carbocycles. The van der Waals surface area contributed by atoms with Crippen LogP contribution in [0.1, 0.15) is 27.7 Å². The fourth-order valence-corrected chi connectivity index (χ4v) is 9.59. The zero-order valence-corrected chi connectivity index (χ0v) is 19.4. The Hall–Kier alpha value is -2.90. The van der Waals surface area contributed by atoms with Crippen LogP contribution in [0, 0.1) is 5.41 Å². The van der Waals surface area contributed by atoms with E-state index in [9.17, 15) is 0 Å². The maximum absolute atomic E-state index is 2.35. The van der Waals surface area contributed by atoms with E-state index in [0.29, 0.717) is 5.41 Å². The van der Waals surface area contributed by atoms with E-state index in [1.807, 2.05) is 0 Å². The van der Waals surface area contributed by atoms with E-state index in [1.54, 1.807) is 0 Å². The van der Waals surface area contributed by atoms with Crippen LogP contribution >= 0.6 is 0 Å². The molecule has 1 heteroatoms. The molecule has 1 aliphatic rings. The molecule has 150 valence electrons. The SMILES string of the molecule is CC(C)(C)C.c1ccc([Si]2(c3ccccc3)c3ccccc3-c3ccccc32)cc1. The van der Waals surface area contributed by atoms with Gasteiger partial charge in [0, 0.05) is 0 Å². The Labute approximate surface area is 182 Å². The highest BCUT2D eigenvalue weighted by Gasteiger charge is 2.48. The molecule has 0 radical (unpaired) electrons. The van der Waals surface area contributed by atoms with Crippen LogP contribution in [0.25, 0.3) is 11.1 Å². The third-order valence-electron chi connectivity index (χ3n) is 5.37. The molecule has 0 saturated heterocycles. The fraction of sp³-hybridized carbons (Fsp3) is 0.172. The normalized spacial score (nSPS) is 13.6. The maximum atomic E-state index is 2.35. The topological polar surface area (TPSA) is 0 Å². The first kappa shape index (κ1) is 20.4. The molecule has 30 heavy (non-hydrogen) atoms. The minimum Gasteiger partial charge on any atom is -0.0623 e. The second kappa shape index (κ2) is 8.08. The lowest BCUT2D eigenvalue weighted by molar-refractivity contribution is 0.469. The molecule has 0 atom stereocenters. The van der Waals surface area contributed by atoms with E-state index >= 15 is 0 Å². The quantitative estimate of drug-likeness (QED) is 0.358. The van der Waals surface area contributed by atoms with Crippen molar-refractivity contribution in [3.05, 3.63) is 109 Å². The van der Waals surface area contributed by atoms with Crippen molar-refractivity contribution in [3.8, 4) is 11.1 Å². The Morgan fingerprint density at radius 2 is 0.733 bits per heavy atom. The van der Waals surface area contributed by atoms with Crippen molar-refractivity contribution >= 4 is 28.8 Å². The monoisotopic (exact) mass is 406 g/mol. The first-order valence-corrected chi connectivity index (χ1v) is 12.7. The van der Waals surface area contributed by atoms with Gasteiger partial charge in [-0.1, -0.05) is 137 Å². The summed E-state index contributed by atoms with van der Waals surface area (Å²) < 4.78 is 0. The van der Waals surface area contributed by atoms with E-state index in [0.717, 1.165) is 0 Å².